The van der Waals surface area contributed by atoms with Crippen molar-refractivity contribution < 1.29 is 14.3 Å². The third kappa shape index (κ3) is 5.28. The topological polar surface area (TPSA) is 80.3 Å². The zero-order chi connectivity index (χ0) is 19.9. The molecule has 0 spiro atoms. The second-order valence-electron chi connectivity index (χ2n) is 5.89. The van der Waals surface area contributed by atoms with Gasteiger partial charge in [0, 0.05) is 29.6 Å². The molecule has 0 fully saturated rings. The van der Waals surface area contributed by atoms with Gasteiger partial charge in [-0.2, -0.15) is 0 Å². The van der Waals surface area contributed by atoms with E-state index in [1.54, 1.807) is 13.2 Å². The molecular weight excluding hydrogens is 374 g/mol. The molecule has 3 aromatic rings. The van der Waals surface area contributed by atoms with Crippen LogP contribution in [-0.4, -0.2) is 23.9 Å². The molecule has 0 radical (unpaired) electrons. The van der Waals surface area contributed by atoms with Gasteiger partial charge in [0.15, 0.2) is 5.13 Å². The maximum atomic E-state index is 12.1. The minimum atomic E-state index is -0.252. The van der Waals surface area contributed by atoms with Crippen molar-refractivity contribution in [3.8, 4) is 17.0 Å². The van der Waals surface area contributed by atoms with Crippen LogP contribution >= 0.6 is 11.3 Å². The molecule has 0 aliphatic heterocycles. The molecule has 2 aromatic carbocycles. The summed E-state index contributed by atoms with van der Waals surface area (Å²) in [5.41, 5.74) is 3.28. The minimum Gasteiger partial charge on any atom is -0.497 e. The summed E-state index contributed by atoms with van der Waals surface area (Å²) in [6.45, 7) is 1.46. The van der Waals surface area contributed by atoms with E-state index >= 15 is 0 Å². The highest BCUT2D eigenvalue weighted by Gasteiger charge is 2.07. The van der Waals surface area contributed by atoms with Gasteiger partial charge in [-0.1, -0.05) is 24.3 Å². The predicted octanol–water partition coefficient (Wildman–Crippen LogP) is 4.43. The number of benzene rings is 2. The Morgan fingerprint density at radius 3 is 2.39 bits per heavy atom. The third-order valence-electron chi connectivity index (χ3n) is 3.78. The van der Waals surface area contributed by atoms with Crippen molar-refractivity contribution in [3.05, 3.63) is 65.6 Å². The van der Waals surface area contributed by atoms with Gasteiger partial charge in [-0.05, 0) is 35.9 Å². The normalized spacial score (nSPS) is 10.6. The maximum absolute atomic E-state index is 12.1. The van der Waals surface area contributed by atoms with Crippen LogP contribution in [0, 0.1) is 0 Å². The summed E-state index contributed by atoms with van der Waals surface area (Å²) < 4.78 is 5.11. The quantitative estimate of drug-likeness (QED) is 0.607. The number of amides is 2. The Bertz CT molecular complexity index is 992. The van der Waals surface area contributed by atoms with Crippen LogP contribution in [0.15, 0.2) is 60.0 Å². The maximum Gasteiger partial charge on any atom is 0.250 e. The SMILES string of the molecule is COc1ccc(/C=C/C(=O)Nc2nc(-c3ccc(NC(C)=O)cc3)cs2)cc1. The number of anilines is 2. The molecule has 2 amide bonds. The fourth-order valence-corrected chi connectivity index (χ4v) is 3.15. The molecule has 0 atom stereocenters. The number of nitrogens with zero attached hydrogens (tertiary/aromatic N) is 1. The van der Waals surface area contributed by atoms with Crippen molar-refractivity contribution in [1.82, 2.24) is 4.98 Å². The molecule has 28 heavy (non-hydrogen) atoms. The smallest absolute Gasteiger partial charge is 0.250 e. The molecule has 142 valence electrons. The number of thiazole rings is 1. The third-order valence-corrected chi connectivity index (χ3v) is 4.54. The van der Waals surface area contributed by atoms with Crippen molar-refractivity contribution >= 4 is 40.0 Å². The Balaban J connectivity index is 1.61. The van der Waals surface area contributed by atoms with Gasteiger partial charge in [0.2, 0.25) is 11.8 Å². The summed E-state index contributed by atoms with van der Waals surface area (Å²) in [7, 11) is 1.61. The van der Waals surface area contributed by atoms with Crippen LogP contribution in [0.5, 0.6) is 5.75 Å². The van der Waals surface area contributed by atoms with Crippen molar-refractivity contribution in [2.24, 2.45) is 0 Å². The Kier molecular flexibility index (Phi) is 6.18. The minimum absolute atomic E-state index is 0.117. The second kappa shape index (κ2) is 8.96. The zero-order valence-electron chi connectivity index (χ0n) is 15.4. The van der Waals surface area contributed by atoms with E-state index in [1.165, 1.54) is 24.3 Å². The zero-order valence-corrected chi connectivity index (χ0v) is 16.2. The molecule has 0 saturated heterocycles. The molecule has 0 unspecified atom stereocenters. The summed E-state index contributed by atoms with van der Waals surface area (Å²) in [6, 6.07) is 14.8. The van der Waals surface area contributed by atoms with Crippen molar-refractivity contribution in [1.29, 1.82) is 0 Å². The lowest BCUT2D eigenvalue weighted by atomic mass is 10.1. The second-order valence-corrected chi connectivity index (χ2v) is 6.75. The summed E-state index contributed by atoms with van der Waals surface area (Å²) >= 11 is 1.35. The first kappa shape index (κ1) is 19.3. The molecule has 0 aliphatic carbocycles. The van der Waals surface area contributed by atoms with E-state index in [1.807, 2.05) is 53.9 Å². The first-order valence-corrected chi connectivity index (χ1v) is 9.38. The Morgan fingerprint density at radius 2 is 1.75 bits per heavy atom. The molecule has 0 saturated carbocycles. The molecule has 0 aliphatic rings. The van der Waals surface area contributed by atoms with E-state index in [9.17, 15) is 9.59 Å². The van der Waals surface area contributed by atoms with Crippen LogP contribution in [0.3, 0.4) is 0 Å². The lowest BCUT2D eigenvalue weighted by Crippen LogP contribution is -2.07. The summed E-state index contributed by atoms with van der Waals surface area (Å²) in [5, 5.41) is 7.87. The summed E-state index contributed by atoms with van der Waals surface area (Å²) in [4.78, 5) is 27.6. The Hall–Kier alpha value is -3.45. The average molecular weight is 393 g/mol. The number of hydrogen-bond acceptors (Lipinski definition) is 5. The molecule has 0 bridgehead atoms. The van der Waals surface area contributed by atoms with Crippen LogP contribution in [0.2, 0.25) is 0 Å². The lowest BCUT2D eigenvalue weighted by Gasteiger charge is -2.02. The molecule has 6 nitrogen and oxygen atoms in total. The van der Waals surface area contributed by atoms with E-state index < -0.39 is 0 Å². The van der Waals surface area contributed by atoms with Gasteiger partial charge >= 0.3 is 0 Å². The molecule has 2 N–H and O–H groups in total. The van der Waals surface area contributed by atoms with Crippen molar-refractivity contribution in [2.75, 3.05) is 17.7 Å². The van der Waals surface area contributed by atoms with E-state index in [0.717, 1.165) is 28.3 Å². The summed E-state index contributed by atoms with van der Waals surface area (Å²) in [5.74, 6) is 0.397. The number of methoxy groups -OCH3 is 1. The van der Waals surface area contributed by atoms with Gasteiger partial charge in [0.25, 0.3) is 0 Å². The van der Waals surface area contributed by atoms with Crippen LogP contribution in [0.25, 0.3) is 17.3 Å². The van der Waals surface area contributed by atoms with Crippen LogP contribution in [0.1, 0.15) is 12.5 Å². The first-order chi connectivity index (χ1) is 13.5. The molecular formula is C21H19N3O3S. The monoisotopic (exact) mass is 393 g/mol. The molecule has 1 heterocycles. The van der Waals surface area contributed by atoms with Crippen molar-refractivity contribution in [2.45, 2.75) is 6.92 Å². The van der Waals surface area contributed by atoms with Crippen molar-refractivity contribution in [3.63, 3.8) is 0 Å². The highest BCUT2D eigenvalue weighted by molar-refractivity contribution is 7.14. The van der Waals surface area contributed by atoms with Gasteiger partial charge < -0.3 is 10.1 Å². The van der Waals surface area contributed by atoms with Crippen LogP contribution in [-0.2, 0) is 9.59 Å². The van der Waals surface area contributed by atoms with E-state index in [2.05, 4.69) is 15.6 Å². The van der Waals surface area contributed by atoms with E-state index in [4.69, 9.17) is 4.74 Å². The standard InChI is InChI=1S/C21H19N3O3S/c1-14(25)22-17-8-6-16(7-9-17)19-13-28-21(23-19)24-20(26)12-5-15-3-10-18(27-2)11-4-15/h3-13H,1-2H3,(H,22,25)(H,23,24,26)/b12-5+. The van der Waals surface area contributed by atoms with Gasteiger partial charge in [-0.15, -0.1) is 11.3 Å². The molecule has 3 rings (SSSR count). The number of nitrogens with one attached hydrogen (secondary N) is 2. The van der Waals surface area contributed by atoms with Gasteiger partial charge in [0.05, 0.1) is 12.8 Å². The Labute approximate surface area is 166 Å². The molecule has 7 heteroatoms. The predicted molar refractivity (Wildman–Crippen MR) is 113 cm³/mol. The number of aromatic nitrogens is 1. The molecule has 1 aromatic heterocycles. The average Bonchev–Trinajstić information content (AvgIpc) is 3.15. The number of rotatable bonds is 6. The highest BCUT2D eigenvalue weighted by atomic mass is 32.1. The summed E-state index contributed by atoms with van der Waals surface area (Å²) in [6.07, 6.45) is 3.19. The fourth-order valence-electron chi connectivity index (χ4n) is 2.43. The van der Waals surface area contributed by atoms with Gasteiger partial charge in [-0.25, -0.2) is 4.98 Å². The number of hydrogen-bond donors (Lipinski definition) is 2. The van der Waals surface area contributed by atoms with E-state index in [-0.39, 0.29) is 11.8 Å². The Morgan fingerprint density at radius 1 is 1.04 bits per heavy atom. The fraction of sp³-hybridized carbons (Fsp3) is 0.0952. The number of carbonyl (C=O) groups excluding carboxylic acids is 2. The van der Waals surface area contributed by atoms with Crippen LogP contribution in [0.4, 0.5) is 10.8 Å². The largest absolute Gasteiger partial charge is 0.497 e. The van der Waals surface area contributed by atoms with Crippen LogP contribution < -0.4 is 15.4 Å². The number of ether oxygens (including phenoxy) is 1. The van der Waals surface area contributed by atoms with E-state index in [0.29, 0.717) is 5.13 Å². The highest BCUT2D eigenvalue weighted by Crippen LogP contribution is 2.26. The first-order valence-electron chi connectivity index (χ1n) is 8.50. The number of carbonyl (C=O) groups is 2. The van der Waals surface area contributed by atoms with Gasteiger partial charge in [0.1, 0.15) is 5.75 Å². The lowest BCUT2D eigenvalue weighted by molar-refractivity contribution is -0.114. The van der Waals surface area contributed by atoms with Gasteiger partial charge in [-0.3, -0.25) is 14.9 Å².